The van der Waals surface area contributed by atoms with Crippen molar-refractivity contribution in [2.24, 2.45) is 5.92 Å². The summed E-state index contributed by atoms with van der Waals surface area (Å²) < 4.78 is 10.9. The second kappa shape index (κ2) is 5.39. The Labute approximate surface area is 144 Å². The van der Waals surface area contributed by atoms with Crippen LogP contribution < -0.4 is 14.5 Å². The first-order valence-corrected chi connectivity index (χ1v) is 8.44. The van der Waals surface area contributed by atoms with Gasteiger partial charge in [0.2, 0.25) is 11.6 Å². The molecule has 0 bridgehead atoms. The molecule has 0 saturated heterocycles. The Morgan fingerprint density at radius 2 is 2.12 bits per heavy atom. The van der Waals surface area contributed by atoms with Crippen LogP contribution in [0.25, 0.3) is 10.6 Å². The van der Waals surface area contributed by atoms with E-state index in [0.29, 0.717) is 15.5 Å². The SMILES string of the molecule is COc1csc2c1=C(Cl)C(=O)C(=O)C=2c1oncc1C(=O)C1CC1. The van der Waals surface area contributed by atoms with Crippen molar-refractivity contribution in [3.63, 3.8) is 0 Å². The molecule has 0 spiro atoms. The van der Waals surface area contributed by atoms with Crippen LogP contribution in [0, 0.1) is 5.92 Å². The average Bonchev–Trinajstić information content (AvgIpc) is 3.17. The highest BCUT2D eigenvalue weighted by atomic mass is 35.5. The van der Waals surface area contributed by atoms with Gasteiger partial charge in [0.15, 0.2) is 11.5 Å². The molecule has 4 rings (SSSR count). The van der Waals surface area contributed by atoms with Crippen LogP contribution in [0.4, 0.5) is 0 Å². The molecule has 0 aromatic carbocycles. The summed E-state index contributed by atoms with van der Waals surface area (Å²) in [5.74, 6) is -1.42. The van der Waals surface area contributed by atoms with E-state index in [1.807, 2.05) is 0 Å². The first kappa shape index (κ1) is 15.3. The van der Waals surface area contributed by atoms with E-state index >= 15 is 0 Å². The maximum Gasteiger partial charge on any atom is 0.245 e. The molecule has 0 N–H and O–H groups in total. The summed E-state index contributed by atoms with van der Waals surface area (Å²) >= 11 is 7.25. The number of nitrogens with zero attached hydrogens (tertiary/aromatic N) is 1. The molecule has 0 unspecified atom stereocenters. The summed E-state index contributed by atoms with van der Waals surface area (Å²) in [4.78, 5) is 37.2. The summed E-state index contributed by atoms with van der Waals surface area (Å²) in [5.41, 5.74) is 0.249. The van der Waals surface area contributed by atoms with E-state index < -0.39 is 11.6 Å². The molecule has 0 radical (unpaired) electrons. The zero-order chi connectivity index (χ0) is 17.0. The summed E-state index contributed by atoms with van der Waals surface area (Å²) in [6.07, 6.45) is 2.91. The second-order valence-electron chi connectivity index (χ2n) is 5.56. The summed E-state index contributed by atoms with van der Waals surface area (Å²) in [7, 11) is 1.45. The van der Waals surface area contributed by atoms with Crippen molar-refractivity contribution in [2.45, 2.75) is 12.8 Å². The zero-order valence-corrected chi connectivity index (χ0v) is 14.0. The van der Waals surface area contributed by atoms with Crippen LogP contribution in [-0.2, 0) is 9.59 Å². The van der Waals surface area contributed by atoms with Gasteiger partial charge in [0.05, 0.1) is 34.2 Å². The fourth-order valence-electron chi connectivity index (χ4n) is 2.68. The number of fused-ring (bicyclic) bond motifs is 1. The van der Waals surface area contributed by atoms with Crippen LogP contribution in [0.2, 0.25) is 0 Å². The van der Waals surface area contributed by atoms with Crippen molar-refractivity contribution in [1.82, 2.24) is 5.16 Å². The maximum absolute atomic E-state index is 12.5. The Balaban J connectivity index is 2.05. The van der Waals surface area contributed by atoms with Gasteiger partial charge in [-0.1, -0.05) is 16.8 Å². The van der Waals surface area contributed by atoms with E-state index in [9.17, 15) is 14.4 Å². The monoisotopic (exact) mass is 363 g/mol. The summed E-state index contributed by atoms with van der Waals surface area (Å²) in [6, 6.07) is 0. The number of rotatable bonds is 4. The number of carbonyl (C=O) groups excluding carboxylic acids is 3. The lowest BCUT2D eigenvalue weighted by Gasteiger charge is -2.08. The van der Waals surface area contributed by atoms with E-state index in [2.05, 4.69) is 5.16 Å². The molecule has 0 amide bonds. The molecular formula is C16H10ClNO5S. The number of ether oxygens (including phenoxy) is 1. The minimum absolute atomic E-state index is 0.0224. The van der Waals surface area contributed by atoms with Crippen LogP contribution >= 0.6 is 22.9 Å². The second-order valence-corrected chi connectivity index (χ2v) is 6.82. The molecule has 0 atom stereocenters. The third-order valence-corrected chi connectivity index (χ3v) is 5.40. The molecule has 2 heterocycles. The van der Waals surface area contributed by atoms with E-state index in [-0.39, 0.29) is 33.6 Å². The Morgan fingerprint density at radius 1 is 1.38 bits per heavy atom. The quantitative estimate of drug-likeness (QED) is 0.596. The number of carbonyl (C=O) groups is 3. The Hall–Kier alpha value is -2.25. The van der Waals surface area contributed by atoms with Gasteiger partial charge in [-0.15, -0.1) is 11.3 Å². The van der Waals surface area contributed by atoms with Crippen molar-refractivity contribution < 1.29 is 23.6 Å². The topological polar surface area (TPSA) is 86.5 Å². The molecule has 2 aromatic rings. The van der Waals surface area contributed by atoms with Gasteiger partial charge in [0.25, 0.3) is 0 Å². The number of hydrogen-bond donors (Lipinski definition) is 0. The van der Waals surface area contributed by atoms with Gasteiger partial charge < -0.3 is 9.26 Å². The molecule has 0 aliphatic heterocycles. The molecule has 2 aliphatic rings. The third kappa shape index (κ3) is 2.08. The lowest BCUT2D eigenvalue weighted by molar-refractivity contribution is -0.129. The number of hydrogen-bond acceptors (Lipinski definition) is 7. The largest absolute Gasteiger partial charge is 0.495 e. The minimum atomic E-state index is -0.850. The normalized spacial score (nSPS) is 17.2. The molecule has 6 nitrogen and oxygen atoms in total. The average molecular weight is 364 g/mol. The fraction of sp³-hybridized carbons (Fsp3) is 0.250. The predicted molar refractivity (Wildman–Crippen MR) is 85.5 cm³/mol. The van der Waals surface area contributed by atoms with Gasteiger partial charge in [-0.05, 0) is 12.8 Å². The third-order valence-electron chi connectivity index (χ3n) is 4.07. The lowest BCUT2D eigenvalue weighted by Crippen LogP contribution is -2.37. The lowest BCUT2D eigenvalue weighted by atomic mass is 9.95. The number of thiophene rings is 1. The van der Waals surface area contributed by atoms with E-state index in [0.717, 1.165) is 12.8 Å². The first-order chi connectivity index (χ1) is 11.5. The number of Topliss-reactive ketones (excluding diaryl/α,β-unsaturated/α-hetero) is 3. The minimum Gasteiger partial charge on any atom is -0.495 e. The fourth-order valence-corrected chi connectivity index (χ4v) is 4.07. The van der Waals surface area contributed by atoms with Gasteiger partial charge in [-0.3, -0.25) is 14.4 Å². The van der Waals surface area contributed by atoms with Crippen molar-refractivity contribution >= 4 is 50.9 Å². The van der Waals surface area contributed by atoms with E-state index in [4.69, 9.17) is 20.9 Å². The van der Waals surface area contributed by atoms with Crippen LogP contribution in [-0.4, -0.2) is 29.6 Å². The van der Waals surface area contributed by atoms with Gasteiger partial charge >= 0.3 is 0 Å². The molecule has 122 valence electrons. The number of halogens is 1. The number of aromatic nitrogens is 1. The van der Waals surface area contributed by atoms with Crippen molar-refractivity contribution in [3.8, 4) is 5.75 Å². The van der Waals surface area contributed by atoms with Crippen molar-refractivity contribution in [3.05, 3.63) is 32.7 Å². The highest BCUT2D eigenvalue weighted by Crippen LogP contribution is 2.35. The number of methoxy groups -OCH3 is 1. The molecule has 2 aromatic heterocycles. The Morgan fingerprint density at radius 3 is 2.79 bits per heavy atom. The van der Waals surface area contributed by atoms with Crippen LogP contribution in [0.15, 0.2) is 16.1 Å². The van der Waals surface area contributed by atoms with E-state index in [1.165, 1.54) is 24.6 Å². The highest BCUT2D eigenvalue weighted by molar-refractivity contribution is 7.09. The summed E-state index contributed by atoms with van der Waals surface area (Å²) in [5, 5.41) is 5.47. The molecule has 24 heavy (non-hydrogen) atoms. The van der Waals surface area contributed by atoms with Crippen molar-refractivity contribution in [2.75, 3.05) is 7.11 Å². The van der Waals surface area contributed by atoms with Crippen LogP contribution in [0.5, 0.6) is 5.75 Å². The number of ketones is 3. The van der Waals surface area contributed by atoms with Gasteiger partial charge in [0.1, 0.15) is 10.8 Å². The molecular weight excluding hydrogens is 354 g/mol. The van der Waals surface area contributed by atoms with Gasteiger partial charge in [-0.25, -0.2) is 0 Å². The van der Waals surface area contributed by atoms with E-state index in [1.54, 1.807) is 5.38 Å². The van der Waals surface area contributed by atoms with Gasteiger partial charge in [0, 0.05) is 11.3 Å². The predicted octanol–water partition coefficient (Wildman–Crippen LogP) is 1.04. The van der Waals surface area contributed by atoms with Crippen LogP contribution in [0.1, 0.15) is 29.0 Å². The zero-order valence-electron chi connectivity index (χ0n) is 12.4. The first-order valence-electron chi connectivity index (χ1n) is 7.18. The standard InChI is InChI=1S/C16H10ClNO5S/c1-22-8-5-24-16-9(8)11(17)14(21)13(20)10(16)15-7(4-18-23-15)12(19)6-2-3-6/h4-6H,2-3H2,1H3. The molecule has 1 saturated carbocycles. The molecule has 8 heteroatoms. The maximum atomic E-state index is 12.5. The van der Waals surface area contributed by atoms with Crippen molar-refractivity contribution in [1.29, 1.82) is 0 Å². The molecule has 1 fully saturated rings. The Bertz CT molecular complexity index is 1030. The Kier molecular flexibility index (Phi) is 3.43. The van der Waals surface area contributed by atoms with Crippen LogP contribution in [0.3, 0.4) is 0 Å². The summed E-state index contributed by atoms with van der Waals surface area (Å²) in [6.45, 7) is 0. The van der Waals surface area contributed by atoms with Gasteiger partial charge in [-0.2, -0.15) is 0 Å². The highest BCUT2D eigenvalue weighted by Gasteiger charge is 2.38. The molecule has 2 aliphatic carbocycles. The smallest absolute Gasteiger partial charge is 0.245 e.